The Hall–Kier alpha value is -0.220. The Bertz CT molecular complexity index is 167. The van der Waals surface area contributed by atoms with E-state index in [4.69, 9.17) is 0 Å². The third kappa shape index (κ3) is 4.00. The van der Waals surface area contributed by atoms with E-state index in [0.29, 0.717) is 12.5 Å². The lowest BCUT2D eigenvalue weighted by molar-refractivity contribution is -0.128. The van der Waals surface area contributed by atoms with E-state index in [1.54, 1.807) is 4.90 Å². The van der Waals surface area contributed by atoms with E-state index in [2.05, 4.69) is 5.32 Å². The van der Waals surface area contributed by atoms with Gasteiger partial charge in [0.15, 0.2) is 0 Å². The second-order valence-electron chi connectivity index (χ2n) is 3.55. The van der Waals surface area contributed by atoms with Crippen molar-refractivity contribution in [2.45, 2.75) is 18.9 Å². The molecule has 1 heterocycles. The highest BCUT2D eigenvalue weighted by molar-refractivity contribution is 7.99. The minimum atomic E-state index is 0.234. The fourth-order valence-electron chi connectivity index (χ4n) is 1.33. The van der Waals surface area contributed by atoms with Crippen LogP contribution in [0.15, 0.2) is 0 Å². The van der Waals surface area contributed by atoms with Crippen molar-refractivity contribution in [2.75, 3.05) is 32.1 Å². The fourth-order valence-corrected chi connectivity index (χ4v) is 2.32. The second kappa shape index (κ2) is 5.50. The molecule has 1 amide bonds. The van der Waals surface area contributed by atoms with Crippen molar-refractivity contribution >= 4 is 17.7 Å². The first-order valence-corrected chi connectivity index (χ1v) is 5.87. The molecule has 1 saturated heterocycles. The summed E-state index contributed by atoms with van der Waals surface area (Å²) in [5.41, 5.74) is 0. The Morgan fingerprint density at radius 3 is 2.92 bits per heavy atom. The first kappa shape index (κ1) is 10.9. The summed E-state index contributed by atoms with van der Waals surface area (Å²) in [6.07, 6.45) is 1.65. The van der Waals surface area contributed by atoms with Crippen molar-refractivity contribution in [3.63, 3.8) is 0 Å². The highest BCUT2D eigenvalue weighted by Gasteiger charge is 2.14. The van der Waals surface area contributed by atoms with Crippen molar-refractivity contribution in [3.8, 4) is 0 Å². The zero-order valence-electron chi connectivity index (χ0n) is 8.38. The molecule has 0 saturated carbocycles. The third-order valence-corrected chi connectivity index (χ3v) is 3.33. The van der Waals surface area contributed by atoms with Gasteiger partial charge in [-0.15, -0.1) is 0 Å². The number of thioether (sulfide) groups is 1. The van der Waals surface area contributed by atoms with Crippen molar-refractivity contribution in [1.82, 2.24) is 10.2 Å². The Morgan fingerprint density at radius 2 is 2.38 bits per heavy atom. The maximum absolute atomic E-state index is 11.3. The smallest absolute Gasteiger partial charge is 0.222 e. The van der Waals surface area contributed by atoms with Gasteiger partial charge >= 0.3 is 0 Å². The van der Waals surface area contributed by atoms with E-state index >= 15 is 0 Å². The van der Waals surface area contributed by atoms with E-state index in [-0.39, 0.29) is 5.91 Å². The maximum atomic E-state index is 11.3. The molecule has 0 aliphatic carbocycles. The van der Waals surface area contributed by atoms with Crippen LogP contribution >= 0.6 is 11.8 Å². The van der Waals surface area contributed by atoms with Crippen molar-refractivity contribution in [2.24, 2.45) is 0 Å². The van der Waals surface area contributed by atoms with Crippen LogP contribution in [0.4, 0.5) is 0 Å². The standard InChI is InChI=1S/C9H18N2OS/c1-11(2)9(12)4-3-8-7-13-6-5-10-8/h8,10H,3-7H2,1-2H3. The molecule has 4 heteroatoms. The number of rotatable bonds is 3. The van der Waals surface area contributed by atoms with Gasteiger partial charge in [0.25, 0.3) is 0 Å². The summed E-state index contributed by atoms with van der Waals surface area (Å²) in [6, 6.07) is 0.544. The van der Waals surface area contributed by atoms with Gasteiger partial charge in [-0.1, -0.05) is 0 Å². The van der Waals surface area contributed by atoms with Gasteiger partial charge < -0.3 is 10.2 Å². The topological polar surface area (TPSA) is 32.3 Å². The van der Waals surface area contributed by atoms with Gasteiger partial charge in [0.1, 0.15) is 0 Å². The monoisotopic (exact) mass is 202 g/mol. The minimum Gasteiger partial charge on any atom is -0.349 e. The van der Waals surface area contributed by atoms with Crippen LogP contribution < -0.4 is 5.32 Å². The molecule has 76 valence electrons. The maximum Gasteiger partial charge on any atom is 0.222 e. The summed E-state index contributed by atoms with van der Waals surface area (Å²) in [5, 5.41) is 3.42. The van der Waals surface area contributed by atoms with Gasteiger partial charge in [0.05, 0.1) is 0 Å². The molecule has 1 aliphatic rings. The minimum absolute atomic E-state index is 0.234. The van der Waals surface area contributed by atoms with Gasteiger partial charge in [-0.2, -0.15) is 11.8 Å². The van der Waals surface area contributed by atoms with Crippen LogP contribution in [0.3, 0.4) is 0 Å². The summed E-state index contributed by atoms with van der Waals surface area (Å²) >= 11 is 1.98. The number of nitrogens with zero attached hydrogens (tertiary/aromatic N) is 1. The average molecular weight is 202 g/mol. The summed E-state index contributed by atoms with van der Waals surface area (Å²) in [6.45, 7) is 1.09. The molecule has 0 aromatic carbocycles. The molecular weight excluding hydrogens is 184 g/mol. The molecule has 1 fully saturated rings. The molecular formula is C9H18N2OS. The zero-order chi connectivity index (χ0) is 9.68. The SMILES string of the molecule is CN(C)C(=O)CCC1CSCCN1. The fraction of sp³-hybridized carbons (Fsp3) is 0.889. The summed E-state index contributed by atoms with van der Waals surface area (Å²) in [5.74, 6) is 2.59. The van der Waals surface area contributed by atoms with E-state index in [1.165, 1.54) is 5.75 Å². The van der Waals surface area contributed by atoms with Crippen molar-refractivity contribution in [3.05, 3.63) is 0 Å². The number of amides is 1. The molecule has 0 aromatic rings. The Morgan fingerprint density at radius 1 is 1.62 bits per heavy atom. The Labute approximate surface area is 84.2 Å². The quantitative estimate of drug-likeness (QED) is 0.726. The average Bonchev–Trinajstić information content (AvgIpc) is 2.15. The molecule has 1 unspecified atom stereocenters. The predicted octanol–water partition coefficient (Wildman–Crippen LogP) is 0.560. The number of carbonyl (C=O) groups is 1. The zero-order valence-corrected chi connectivity index (χ0v) is 9.19. The molecule has 1 N–H and O–H groups in total. The lowest BCUT2D eigenvalue weighted by atomic mass is 10.1. The summed E-state index contributed by atoms with van der Waals surface area (Å²) in [4.78, 5) is 12.9. The second-order valence-corrected chi connectivity index (χ2v) is 4.70. The lowest BCUT2D eigenvalue weighted by Gasteiger charge is -2.23. The van der Waals surface area contributed by atoms with Gasteiger partial charge in [0.2, 0.25) is 5.91 Å². The molecule has 13 heavy (non-hydrogen) atoms. The summed E-state index contributed by atoms with van der Waals surface area (Å²) in [7, 11) is 3.62. The normalized spacial score (nSPS) is 22.8. The van der Waals surface area contributed by atoms with Crippen LogP contribution in [-0.4, -0.2) is 49.0 Å². The number of hydrogen-bond acceptors (Lipinski definition) is 3. The van der Waals surface area contributed by atoms with Crippen LogP contribution in [0, 0.1) is 0 Å². The van der Waals surface area contributed by atoms with Crippen molar-refractivity contribution < 1.29 is 4.79 Å². The van der Waals surface area contributed by atoms with Crippen LogP contribution in [-0.2, 0) is 4.79 Å². The first-order valence-electron chi connectivity index (χ1n) is 4.71. The van der Waals surface area contributed by atoms with E-state index in [0.717, 1.165) is 18.7 Å². The van der Waals surface area contributed by atoms with E-state index in [1.807, 2.05) is 25.9 Å². The predicted molar refractivity (Wildman–Crippen MR) is 57.0 cm³/mol. The molecule has 1 atom stereocenters. The molecule has 3 nitrogen and oxygen atoms in total. The highest BCUT2D eigenvalue weighted by atomic mass is 32.2. The van der Waals surface area contributed by atoms with Gasteiger partial charge in [-0.05, 0) is 6.42 Å². The van der Waals surface area contributed by atoms with Crippen LogP contribution in [0.5, 0.6) is 0 Å². The molecule has 0 radical (unpaired) electrons. The van der Waals surface area contributed by atoms with Gasteiger partial charge in [-0.3, -0.25) is 4.79 Å². The van der Waals surface area contributed by atoms with E-state index in [9.17, 15) is 4.79 Å². The molecule has 1 aliphatic heterocycles. The third-order valence-electron chi connectivity index (χ3n) is 2.20. The van der Waals surface area contributed by atoms with Crippen LogP contribution in [0.25, 0.3) is 0 Å². The van der Waals surface area contributed by atoms with Crippen molar-refractivity contribution in [1.29, 1.82) is 0 Å². The van der Waals surface area contributed by atoms with Gasteiger partial charge in [0, 0.05) is 44.6 Å². The molecule has 0 spiro atoms. The van der Waals surface area contributed by atoms with Gasteiger partial charge in [-0.25, -0.2) is 0 Å². The number of hydrogen-bond donors (Lipinski definition) is 1. The Balaban J connectivity index is 2.13. The first-order chi connectivity index (χ1) is 6.20. The largest absolute Gasteiger partial charge is 0.349 e. The Kier molecular flexibility index (Phi) is 4.59. The van der Waals surface area contributed by atoms with Crippen LogP contribution in [0.1, 0.15) is 12.8 Å². The molecule has 0 bridgehead atoms. The number of nitrogens with one attached hydrogen (secondary N) is 1. The lowest BCUT2D eigenvalue weighted by Crippen LogP contribution is -2.38. The molecule has 0 aromatic heterocycles. The number of carbonyl (C=O) groups excluding carboxylic acids is 1. The summed E-state index contributed by atoms with van der Waals surface area (Å²) < 4.78 is 0. The van der Waals surface area contributed by atoms with Crippen LogP contribution in [0.2, 0.25) is 0 Å². The highest BCUT2D eigenvalue weighted by Crippen LogP contribution is 2.11. The molecule has 1 rings (SSSR count). The van der Waals surface area contributed by atoms with E-state index < -0.39 is 0 Å².